The zero-order valence-electron chi connectivity index (χ0n) is 11.5. The van der Waals surface area contributed by atoms with Crippen molar-refractivity contribution in [3.8, 4) is 11.8 Å². The molecule has 1 rings (SSSR count). The molecule has 0 atom stereocenters. The van der Waals surface area contributed by atoms with Gasteiger partial charge in [0.1, 0.15) is 5.78 Å². The van der Waals surface area contributed by atoms with Crippen molar-refractivity contribution in [2.45, 2.75) is 58.7 Å². The van der Waals surface area contributed by atoms with Gasteiger partial charge in [0.15, 0.2) is 0 Å². The molecule has 0 amide bonds. The van der Waals surface area contributed by atoms with Crippen molar-refractivity contribution >= 4 is 5.78 Å². The summed E-state index contributed by atoms with van der Waals surface area (Å²) in [4.78, 5) is 11.7. The molecule has 18 heavy (non-hydrogen) atoms. The predicted molar refractivity (Wildman–Crippen MR) is 71.0 cm³/mol. The maximum absolute atomic E-state index is 11.7. The van der Waals surface area contributed by atoms with E-state index in [0.29, 0.717) is 32.0 Å². The highest BCUT2D eigenvalue weighted by molar-refractivity contribution is 5.81. The molecule has 0 aromatic rings. The van der Waals surface area contributed by atoms with Crippen LogP contribution >= 0.6 is 0 Å². The number of hydrogen-bond donors (Lipinski definition) is 0. The minimum absolute atomic E-state index is 0.251. The van der Waals surface area contributed by atoms with Crippen molar-refractivity contribution in [3.05, 3.63) is 0 Å². The molecule has 1 saturated carbocycles. The number of Topliss-reactive ketones (excluding diaryl/α,β-unsaturated/α-hetero) is 1. The van der Waals surface area contributed by atoms with Crippen LogP contribution < -0.4 is 0 Å². The zero-order valence-corrected chi connectivity index (χ0v) is 11.5. The summed E-state index contributed by atoms with van der Waals surface area (Å²) in [6, 6.07) is 0. The summed E-state index contributed by atoms with van der Waals surface area (Å²) in [6.07, 6.45) is 5.51. The van der Waals surface area contributed by atoms with Crippen LogP contribution in [0.25, 0.3) is 0 Å². The van der Waals surface area contributed by atoms with Crippen molar-refractivity contribution in [1.29, 1.82) is 0 Å². The number of carbonyl (C=O) groups is 1. The van der Waals surface area contributed by atoms with Gasteiger partial charge in [0.2, 0.25) is 6.29 Å². The lowest BCUT2D eigenvalue weighted by Gasteiger charge is -2.09. The topological polar surface area (TPSA) is 35.5 Å². The third-order valence-electron chi connectivity index (χ3n) is 3.13. The Kier molecular flexibility index (Phi) is 7.71. The van der Waals surface area contributed by atoms with E-state index in [0.717, 1.165) is 0 Å². The Bertz CT molecular complexity index is 289. The first kappa shape index (κ1) is 15.2. The molecule has 3 heteroatoms. The van der Waals surface area contributed by atoms with E-state index in [1.165, 1.54) is 25.7 Å². The van der Waals surface area contributed by atoms with E-state index in [9.17, 15) is 4.79 Å². The fraction of sp³-hybridized carbons (Fsp3) is 0.800. The Morgan fingerprint density at radius 2 is 1.83 bits per heavy atom. The molecule has 0 unspecified atom stereocenters. The van der Waals surface area contributed by atoms with E-state index in [-0.39, 0.29) is 5.78 Å². The molecule has 0 N–H and O–H groups in total. The highest BCUT2D eigenvalue weighted by Crippen LogP contribution is 2.27. The van der Waals surface area contributed by atoms with Crippen molar-refractivity contribution in [2.24, 2.45) is 5.92 Å². The van der Waals surface area contributed by atoms with Gasteiger partial charge in [-0.1, -0.05) is 31.6 Å². The molecule has 0 heterocycles. The monoisotopic (exact) mass is 252 g/mol. The maximum Gasteiger partial charge on any atom is 0.222 e. The van der Waals surface area contributed by atoms with Gasteiger partial charge in [-0.2, -0.15) is 0 Å². The van der Waals surface area contributed by atoms with Crippen LogP contribution in [-0.2, 0) is 14.3 Å². The normalized spacial score (nSPS) is 15.7. The first-order valence-corrected chi connectivity index (χ1v) is 6.99. The Morgan fingerprint density at radius 1 is 1.22 bits per heavy atom. The Labute approximate surface area is 110 Å². The minimum Gasteiger partial charge on any atom is -0.342 e. The van der Waals surface area contributed by atoms with Crippen LogP contribution in [0.15, 0.2) is 0 Å². The standard InChI is InChI=1S/C15H24O3/c1-3-17-15(18-4-2)11-7-10-14(16)12-13-8-5-6-9-13/h13,15H,3-6,8-10,12H2,1-2H3. The van der Waals surface area contributed by atoms with E-state index in [1.54, 1.807) is 0 Å². The average molecular weight is 252 g/mol. The fourth-order valence-electron chi connectivity index (χ4n) is 2.28. The lowest BCUT2D eigenvalue weighted by atomic mass is 10.00. The van der Waals surface area contributed by atoms with Crippen LogP contribution in [0.3, 0.4) is 0 Å². The van der Waals surface area contributed by atoms with E-state index < -0.39 is 6.29 Å². The van der Waals surface area contributed by atoms with Gasteiger partial charge in [-0.05, 0) is 25.7 Å². The third kappa shape index (κ3) is 6.18. The molecule has 0 bridgehead atoms. The van der Waals surface area contributed by atoms with Crippen LogP contribution in [0, 0.1) is 17.8 Å². The quantitative estimate of drug-likeness (QED) is 0.516. The zero-order chi connectivity index (χ0) is 13.2. The van der Waals surface area contributed by atoms with Crippen LogP contribution in [-0.4, -0.2) is 25.3 Å². The number of ketones is 1. The summed E-state index contributed by atoms with van der Waals surface area (Å²) in [5.41, 5.74) is 0. The molecule has 0 spiro atoms. The highest BCUT2D eigenvalue weighted by Gasteiger charge is 2.17. The van der Waals surface area contributed by atoms with Crippen LogP contribution in [0.5, 0.6) is 0 Å². The van der Waals surface area contributed by atoms with Gasteiger partial charge in [-0.3, -0.25) is 4.79 Å². The number of ether oxygens (including phenoxy) is 2. The molecule has 1 aliphatic carbocycles. The third-order valence-corrected chi connectivity index (χ3v) is 3.13. The second kappa shape index (κ2) is 9.13. The van der Waals surface area contributed by atoms with Gasteiger partial charge >= 0.3 is 0 Å². The molecule has 1 aliphatic rings. The second-order valence-corrected chi connectivity index (χ2v) is 4.63. The van der Waals surface area contributed by atoms with Gasteiger partial charge in [0.25, 0.3) is 0 Å². The summed E-state index contributed by atoms with van der Waals surface area (Å²) in [7, 11) is 0. The Hall–Kier alpha value is -0.850. The van der Waals surface area contributed by atoms with Crippen LogP contribution in [0.1, 0.15) is 52.4 Å². The Morgan fingerprint density at radius 3 is 2.39 bits per heavy atom. The van der Waals surface area contributed by atoms with Crippen molar-refractivity contribution < 1.29 is 14.3 Å². The molecular formula is C15H24O3. The van der Waals surface area contributed by atoms with Crippen LogP contribution in [0.4, 0.5) is 0 Å². The first-order valence-electron chi connectivity index (χ1n) is 6.99. The minimum atomic E-state index is -0.487. The SMILES string of the molecule is CCOC(C#CCC(=O)CC1CCCC1)OCC. The van der Waals surface area contributed by atoms with E-state index in [1.807, 2.05) is 13.8 Å². The summed E-state index contributed by atoms with van der Waals surface area (Å²) >= 11 is 0. The maximum atomic E-state index is 11.7. The summed E-state index contributed by atoms with van der Waals surface area (Å²) in [6.45, 7) is 4.93. The van der Waals surface area contributed by atoms with Gasteiger partial charge in [0, 0.05) is 19.6 Å². The molecular weight excluding hydrogens is 228 g/mol. The van der Waals surface area contributed by atoms with Crippen molar-refractivity contribution in [2.75, 3.05) is 13.2 Å². The molecule has 102 valence electrons. The molecule has 0 aromatic heterocycles. The molecule has 0 aliphatic heterocycles. The first-order chi connectivity index (χ1) is 8.76. The number of hydrogen-bond acceptors (Lipinski definition) is 3. The van der Waals surface area contributed by atoms with Crippen LogP contribution in [0.2, 0.25) is 0 Å². The van der Waals surface area contributed by atoms with Gasteiger partial charge in [-0.15, -0.1) is 0 Å². The fourth-order valence-corrected chi connectivity index (χ4v) is 2.28. The smallest absolute Gasteiger partial charge is 0.222 e. The highest BCUT2D eigenvalue weighted by atomic mass is 16.7. The molecule has 0 saturated heterocycles. The van der Waals surface area contributed by atoms with Crippen molar-refractivity contribution in [1.82, 2.24) is 0 Å². The second-order valence-electron chi connectivity index (χ2n) is 4.63. The molecule has 0 aromatic carbocycles. The predicted octanol–water partition coefficient (Wildman–Crippen LogP) is 2.93. The number of rotatable bonds is 7. The molecule has 3 nitrogen and oxygen atoms in total. The number of carbonyl (C=O) groups excluding carboxylic acids is 1. The van der Waals surface area contributed by atoms with E-state index >= 15 is 0 Å². The van der Waals surface area contributed by atoms with Gasteiger partial charge in [0.05, 0.1) is 6.42 Å². The van der Waals surface area contributed by atoms with Gasteiger partial charge < -0.3 is 9.47 Å². The summed E-state index contributed by atoms with van der Waals surface area (Å²) in [5, 5.41) is 0. The largest absolute Gasteiger partial charge is 0.342 e. The molecule has 1 fully saturated rings. The lowest BCUT2D eigenvalue weighted by molar-refractivity contribution is -0.118. The lowest BCUT2D eigenvalue weighted by Crippen LogP contribution is -2.15. The summed E-state index contributed by atoms with van der Waals surface area (Å²) < 4.78 is 10.6. The van der Waals surface area contributed by atoms with E-state index in [4.69, 9.17) is 9.47 Å². The van der Waals surface area contributed by atoms with Crippen molar-refractivity contribution in [3.63, 3.8) is 0 Å². The Balaban J connectivity index is 2.26. The molecule has 0 radical (unpaired) electrons. The average Bonchev–Trinajstić information content (AvgIpc) is 2.82. The van der Waals surface area contributed by atoms with Gasteiger partial charge in [-0.25, -0.2) is 0 Å². The summed E-state index contributed by atoms with van der Waals surface area (Å²) in [5.74, 6) is 6.60. The van der Waals surface area contributed by atoms with E-state index in [2.05, 4.69) is 11.8 Å².